The average Bonchev–Trinajstić information content (AvgIpc) is 2.84. The van der Waals surface area contributed by atoms with Crippen molar-refractivity contribution in [3.8, 4) is 0 Å². The lowest BCUT2D eigenvalue weighted by Gasteiger charge is -2.30. The van der Waals surface area contributed by atoms with E-state index in [9.17, 15) is 18.0 Å². The molecule has 0 aromatic heterocycles. The maximum Gasteiger partial charge on any atom is 0.409 e. The third-order valence-corrected chi connectivity index (χ3v) is 5.14. The number of halogens is 3. The van der Waals surface area contributed by atoms with Gasteiger partial charge in [-0.2, -0.15) is 13.2 Å². The Hall–Kier alpha value is -2.08. The Morgan fingerprint density at radius 1 is 1.22 bits per heavy atom. The van der Waals surface area contributed by atoms with Crippen molar-refractivity contribution in [1.29, 1.82) is 0 Å². The predicted molar refractivity (Wildman–Crippen MR) is 100.0 cm³/mol. The van der Waals surface area contributed by atoms with Crippen LogP contribution in [0.15, 0.2) is 36.4 Å². The van der Waals surface area contributed by atoms with Crippen LogP contribution in [0.4, 0.5) is 13.2 Å². The highest BCUT2D eigenvalue weighted by atomic mass is 19.4. The van der Waals surface area contributed by atoms with Crippen molar-refractivity contribution in [1.82, 2.24) is 10.4 Å². The second kappa shape index (κ2) is 7.15. The summed E-state index contributed by atoms with van der Waals surface area (Å²) in [6, 6.07) is 8.82. The molecular formula is C21H25F3N2O. The predicted octanol–water partition coefficient (Wildman–Crippen LogP) is 5.16. The number of hydrogen-bond acceptors (Lipinski definition) is 2. The van der Waals surface area contributed by atoms with E-state index in [1.807, 2.05) is 24.3 Å². The number of alkyl halides is 3. The maximum atomic E-state index is 14.1. The van der Waals surface area contributed by atoms with E-state index in [1.54, 1.807) is 19.9 Å². The van der Waals surface area contributed by atoms with Crippen molar-refractivity contribution in [3.63, 3.8) is 0 Å². The second-order valence-electron chi connectivity index (χ2n) is 7.90. The summed E-state index contributed by atoms with van der Waals surface area (Å²) in [7, 11) is 0. The first kappa shape index (κ1) is 19.7. The Labute approximate surface area is 157 Å². The van der Waals surface area contributed by atoms with Gasteiger partial charge in [-0.25, -0.2) is 5.01 Å². The zero-order valence-corrected chi connectivity index (χ0v) is 15.9. The topological polar surface area (TPSA) is 32.3 Å². The Balaban J connectivity index is 2.09. The summed E-state index contributed by atoms with van der Waals surface area (Å²) in [6.45, 7) is 5.40. The fourth-order valence-electron chi connectivity index (χ4n) is 3.61. The summed E-state index contributed by atoms with van der Waals surface area (Å²) in [5.41, 5.74) is 2.78. The molecule has 3 nitrogen and oxygen atoms in total. The maximum absolute atomic E-state index is 14.1. The Kier molecular flexibility index (Phi) is 5.21. The molecule has 1 saturated heterocycles. The van der Waals surface area contributed by atoms with Gasteiger partial charge >= 0.3 is 6.18 Å². The van der Waals surface area contributed by atoms with Crippen molar-refractivity contribution < 1.29 is 18.0 Å². The highest BCUT2D eigenvalue weighted by Crippen LogP contribution is 2.42. The van der Waals surface area contributed by atoms with E-state index in [1.165, 1.54) is 6.07 Å². The van der Waals surface area contributed by atoms with Gasteiger partial charge in [0.05, 0.1) is 5.41 Å². The molecule has 6 heteroatoms. The van der Waals surface area contributed by atoms with Gasteiger partial charge in [-0.1, -0.05) is 49.7 Å². The summed E-state index contributed by atoms with van der Waals surface area (Å²) in [6.07, 6.45) is -1.65. The zero-order chi connectivity index (χ0) is 19.8. The van der Waals surface area contributed by atoms with Gasteiger partial charge < -0.3 is 0 Å². The van der Waals surface area contributed by atoms with Gasteiger partial charge in [0.2, 0.25) is 5.91 Å². The van der Waals surface area contributed by atoms with Gasteiger partial charge in [-0.15, -0.1) is 0 Å². The molecule has 1 atom stereocenters. The Morgan fingerprint density at radius 2 is 1.96 bits per heavy atom. The van der Waals surface area contributed by atoms with E-state index in [2.05, 4.69) is 12.3 Å². The van der Waals surface area contributed by atoms with Crippen molar-refractivity contribution in [2.75, 3.05) is 6.54 Å². The van der Waals surface area contributed by atoms with Crippen LogP contribution in [0, 0.1) is 5.41 Å². The Bertz CT molecular complexity index is 845. The third kappa shape index (κ3) is 3.95. The highest BCUT2D eigenvalue weighted by Gasteiger charge is 2.51. The van der Waals surface area contributed by atoms with Crippen LogP contribution in [0.1, 0.15) is 50.8 Å². The number of rotatable bonds is 5. The number of benzene rings is 2. The molecule has 0 aliphatic carbocycles. The minimum Gasteiger partial charge on any atom is -0.287 e. The monoisotopic (exact) mass is 378 g/mol. The van der Waals surface area contributed by atoms with Gasteiger partial charge in [-0.3, -0.25) is 10.2 Å². The summed E-state index contributed by atoms with van der Waals surface area (Å²) < 4.78 is 42.2. The SMILES string of the molecule is CCCCc1ccc2cccc(C(N3CC(C)(C)C(=O)N3)C(F)(F)F)c2c1. The lowest BCUT2D eigenvalue weighted by atomic mass is 9.92. The van der Waals surface area contributed by atoms with Gasteiger partial charge in [0.15, 0.2) is 6.04 Å². The summed E-state index contributed by atoms with van der Waals surface area (Å²) >= 11 is 0. The van der Waals surface area contributed by atoms with Crippen LogP contribution < -0.4 is 5.43 Å². The highest BCUT2D eigenvalue weighted by molar-refractivity contribution is 5.87. The molecular weight excluding hydrogens is 353 g/mol. The number of nitrogens with one attached hydrogen (secondary N) is 1. The lowest BCUT2D eigenvalue weighted by Crippen LogP contribution is -2.43. The van der Waals surface area contributed by atoms with Crippen molar-refractivity contribution in [3.05, 3.63) is 47.5 Å². The molecule has 1 N–H and O–H groups in total. The molecule has 0 spiro atoms. The number of amides is 1. The first-order chi connectivity index (χ1) is 12.6. The molecule has 0 bridgehead atoms. The van der Waals surface area contributed by atoms with Gasteiger partial charge in [0.25, 0.3) is 0 Å². The summed E-state index contributed by atoms with van der Waals surface area (Å²) in [4.78, 5) is 12.1. The number of aryl methyl sites for hydroxylation is 1. The van der Waals surface area contributed by atoms with E-state index < -0.39 is 17.6 Å². The first-order valence-corrected chi connectivity index (χ1v) is 9.29. The van der Waals surface area contributed by atoms with Gasteiger partial charge in [-0.05, 0) is 48.6 Å². The molecule has 1 aliphatic heterocycles. The number of fused-ring (bicyclic) bond motifs is 1. The smallest absolute Gasteiger partial charge is 0.287 e. The lowest BCUT2D eigenvalue weighted by molar-refractivity contribution is -0.191. The quantitative estimate of drug-likeness (QED) is 0.780. The Morgan fingerprint density at radius 3 is 2.56 bits per heavy atom. The number of carbonyl (C=O) groups excluding carboxylic acids is 1. The number of nitrogens with zero attached hydrogens (tertiary/aromatic N) is 1. The van der Waals surface area contributed by atoms with E-state index in [-0.39, 0.29) is 18.0 Å². The van der Waals surface area contributed by atoms with Crippen molar-refractivity contribution >= 4 is 16.7 Å². The fourth-order valence-corrected chi connectivity index (χ4v) is 3.61. The number of carbonyl (C=O) groups is 1. The second-order valence-corrected chi connectivity index (χ2v) is 7.90. The van der Waals surface area contributed by atoms with Crippen LogP contribution in [-0.4, -0.2) is 23.6 Å². The van der Waals surface area contributed by atoms with Crippen LogP contribution in [0.25, 0.3) is 10.8 Å². The first-order valence-electron chi connectivity index (χ1n) is 9.29. The number of hydrogen-bond donors (Lipinski definition) is 1. The molecule has 3 rings (SSSR count). The van der Waals surface area contributed by atoms with Crippen LogP contribution in [0.3, 0.4) is 0 Å². The van der Waals surface area contributed by atoms with Crippen molar-refractivity contribution in [2.24, 2.45) is 5.41 Å². The van der Waals surface area contributed by atoms with Crippen LogP contribution in [0.5, 0.6) is 0 Å². The van der Waals surface area contributed by atoms with Crippen molar-refractivity contribution in [2.45, 2.75) is 52.3 Å². The average molecular weight is 378 g/mol. The minimum atomic E-state index is -4.51. The molecule has 0 saturated carbocycles. The molecule has 1 aliphatic rings. The molecule has 1 amide bonds. The molecule has 1 fully saturated rings. The van der Waals surface area contributed by atoms with E-state index in [4.69, 9.17) is 0 Å². The van der Waals surface area contributed by atoms with E-state index >= 15 is 0 Å². The molecule has 2 aromatic rings. The van der Waals surface area contributed by atoms with E-state index in [0.29, 0.717) is 5.39 Å². The summed E-state index contributed by atoms with van der Waals surface area (Å²) in [5.74, 6) is -0.388. The molecule has 0 radical (unpaired) electrons. The molecule has 1 heterocycles. The largest absolute Gasteiger partial charge is 0.409 e. The van der Waals surface area contributed by atoms with Crippen LogP contribution in [0.2, 0.25) is 0 Å². The fraction of sp³-hybridized carbons (Fsp3) is 0.476. The van der Waals surface area contributed by atoms with Crippen LogP contribution >= 0.6 is 0 Å². The minimum absolute atomic E-state index is 0.00191. The molecule has 27 heavy (non-hydrogen) atoms. The number of unbranched alkanes of at least 4 members (excludes halogenated alkanes) is 1. The van der Waals surface area contributed by atoms with Gasteiger partial charge in [0, 0.05) is 6.54 Å². The van der Waals surface area contributed by atoms with Gasteiger partial charge in [0.1, 0.15) is 0 Å². The molecule has 1 unspecified atom stereocenters. The molecule has 2 aromatic carbocycles. The number of hydrazine groups is 1. The third-order valence-electron chi connectivity index (χ3n) is 5.14. The van der Waals surface area contributed by atoms with Crippen LogP contribution in [-0.2, 0) is 11.2 Å². The molecule has 146 valence electrons. The standard InChI is InChI=1S/C21H25F3N2O/c1-4-5-7-14-10-11-15-8-6-9-16(17(15)12-14)18(21(22,23)24)26-13-20(2,3)19(27)25-26/h6,8-12,18H,4-5,7,13H2,1-3H3,(H,25,27). The summed E-state index contributed by atoms with van der Waals surface area (Å²) in [5, 5.41) is 2.40. The van der Waals surface area contributed by atoms with E-state index in [0.717, 1.165) is 35.2 Å². The normalized spacial score (nSPS) is 18.7. The zero-order valence-electron chi connectivity index (χ0n) is 15.9.